The average molecular weight is 847 g/mol. The molecule has 0 radical (unpaired) electrons. The van der Waals surface area contributed by atoms with E-state index in [4.69, 9.17) is 10.5 Å². The minimum atomic E-state index is -1.54. The third-order valence-corrected chi connectivity index (χ3v) is 11.8. The fraction of sp³-hybridized carbons (Fsp3) is 0.429. The van der Waals surface area contributed by atoms with Gasteiger partial charge in [0.15, 0.2) is 6.29 Å². The molecule has 17 heteroatoms. The number of aromatic nitrogens is 1. The number of amides is 4. The molecule has 1 aromatic heterocycles. The number of aliphatic imine (C=N–C) groups is 1. The van der Waals surface area contributed by atoms with Crippen molar-refractivity contribution in [1.82, 2.24) is 25.8 Å². The first-order valence-electron chi connectivity index (χ1n) is 19.7. The molecule has 0 bridgehead atoms. The van der Waals surface area contributed by atoms with Crippen LogP contribution in [-0.2, 0) is 32.1 Å². The zero-order valence-corrected chi connectivity index (χ0v) is 35.0. The molecule has 0 unspecified atom stereocenters. The minimum absolute atomic E-state index is 0.0163. The molecule has 5 rings (SSSR count). The number of alkyl carbamates (subject to hydrolysis) is 1. The van der Waals surface area contributed by atoms with Crippen LogP contribution in [0.25, 0.3) is 10.2 Å². The van der Waals surface area contributed by atoms with Crippen molar-refractivity contribution >= 4 is 67.9 Å². The predicted molar refractivity (Wildman–Crippen MR) is 232 cm³/mol. The largest absolute Gasteiger partial charge is 0.445 e. The Morgan fingerprint density at radius 3 is 2.12 bits per heavy atom. The quantitative estimate of drug-likeness (QED) is 0.0446. The number of rotatable bonds is 22. The number of hydrogen-bond donors (Lipinski definition) is 7. The number of nitrogens with zero attached hydrogens (tertiary/aromatic N) is 3. The molecule has 4 atom stereocenters. The molecule has 4 aromatic rings. The highest BCUT2D eigenvalue weighted by atomic mass is 32.2. The fourth-order valence-corrected chi connectivity index (χ4v) is 8.45. The summed E-state index contributed by atoms with van der Waals surface area (Å²) in [6.07, 6.45) is 1.03. The highest BCUT2D eigenvalue weighted by Gasteiger charge is 2.31. The molecule has 8 N–H and O–H groups in total. The number of anilines is 1. The van der Waals surface area contributed by atoms with Gasteiger partial charge in [0.05, 0.1) is 10.2 Å². The van der Waals surface area contributed by atoms with E-state index in [1.54, 1.807) is 18.2 Å². The zero-order valence-electron chi connectivity index (χ0n) is 33.3. The molecule has 1 aliphatic rings. The summed E-state index contributed by atoms with van der Waals surface area (Å²) in [7, 11) is 3.92. The smallest absolute Gasteiger partial charge is 0.408 e. The lowest BCUT2D eigenvalue weighted by Gasteiger charge is -2.26. The lowest BCUT2D eigenvalue weighted by Crippen LogP contribution is -2.56. The number of thioether (sulfide) groups is 1. The number of carbonyl (C=O) groups is 4. The van der Waals surface area contributed by atoms with Crippen LogP contribution >= 0.6 is 23.1 Å². The third kappa shape index (κ3) is 14.4. The zero-order chi connectivity index (χ0) is 42.1. The van der Waals surface area contributed by atoms with Gasteiger partial charge in [-0.1, -0.05) is 60.7 Å². The van der Waals surface area contributed by atoms with Crippen LogP contribution in [0.5, 0.6) is 0 Å². The molecule has 0 spiro atoms. The van der Waals surface area contributed by atoms with E-state index in [1.807, 2.05) is 79.7 Å². The van der Waals surface area contributed by atoms with E-state index < -0.39 is 54.3 Å². The number of nitrogens with one attached hydrogen (secondary N) is 4. The molecule has 0 aliphatic carbocycles. The maximum absolute atomic E-state index is 14.1. The van der Waals surface area contributed by atoms with E-state index in [1.165, 1.54) is 23.1 Å². The average Bonchev–Trinajstić information content (AvgIpc) is 3.89. The van der Waals surface area contributed by atoms with Gasteiger partial charge in [0.25, 0.3) is 0 Å². The minimum Gasteiger partial charge on any atom is -0.445 e. The molecule has 1 aliphatic heterocycles. The van der Waals surface area contributed by atoms with Crippen molar-refractivity contribution in [2.45, 2.75) is 82.0 Å². The number of aliphatic hydroxyl groups is 2. The number of nitrogens with two attached hydrogens (primary N) is 1. The van der Waals surface area contributed by atoms with Crippen molar-refractivity contribution in [2.24, 2.45) is 10.7 Å². The van der Waals surface area contributed by atoms with Gasteiger partial charge in [0.1, 0.15) is 40.8 Å². The molecule has 316 valence electrons. The molecular formula is C42H54N8O7S2. The summed E-state index contributed by atoms with van der Waals surface area (Å²) in [6, 6.07) is 20.1. The van der Waals surface area contributed by atoms with Crippen molar-refractivity contribution in [1.29, 1.82) is 0 Å². The number of carbonyl (C=O) groups excluding carboxylic acids is 4. The predicted octanol–water partition coefficient (Wildman–Crippen LogP) is 3.78. The summed E-state index contributed by atoms with van der Waals surface area (Å²) in [6.45, 7) is 1.22. The maximum atomic E-state index is 14.1. The van der Waals surface area contributed by atoms with Gasteiger partial charge in [-0.25, -0.2) is 9.78 Å². The summed E-state index contributed by atoms with van der Waals surface area (Å²) in [5.74, 6) is -1.08. The van der Waals surface area contributed by atoms with Crippen LogP contribution in [0.4, 0.5) is 10.5 Å². The number of fused-ring (bicyclic) bond motifs is 1. The SMILES string of the molecule is CN(C)CCCC[C@H](NC(=O)[C@H](Cc1ccccc1)NC(=O)OCc1ccccc1)C(=O)N[C@@H](CCCCN)C(=O)Nc1ccc2nc(C3=N[C@@H](C(O)O)CS3)sc2c1. The van der Waals surface area contributed by atoms with Gasteiger partial charge in [0.2, 0.25) is 17.7 Å². The van der Waals surface area contributed by atoms with E-state index in [0.29, 0.717) is 65.7 Å². The fourth-order valence-electron chi connectivity index (χ4n) is 6.30. The molecule has 0 saturated carbocycles. The maximum Gasteiger partial charge on any atom is 0.408 e. The number of unbranched alkanes of at least 4 members (excludes halogenated alkanes) is 2. The lowest BCUT2D eigenvalue weighted by atomic mass is 10.0. The Balaban J connectivity index is 1.30. The van der Waals surface area contributed by atoms with E-state index in [0.717, 1.165) is 28.8 Å². The van der Waals surface area contributed by atoms with E-state index in [9.17, 15) is 29.4 Å². The first kappa shape index (κ1) is 45.2. The summed E-state index contributed by atoms with van der Waals surface area (Å²) in [5.41, 5.74) is 8.57. The van der Waals surface area contributed by atoms with Gasteiger partial charge < -0.3 is 46.9 Å². The normalized spacial score (nSPS) is 15.4. The summed E-state index contributed by atoms with van der Waals surface area (Å²) in [5, 5.41) is 31.8. The Morgan fingerprint density at radius 2 is 1.47 bits per heavy atom. The second kappa shape index (κ2) is 23.0. The van der Waals surface area contributed by atoms with E-state index in [-0.39, 0.29) is 13.0 Å². The van der Waals surface area contributed by atoms with E-state index in [2.05, 4.69) is 31.2 Å². The number of hydrogen-bond acceptors (Lipinski definition) is 13. The van der Waals surface area contributed by atoms with Gasteiger partial charge in [-0.05, 0) is 95.0 Å². The topological polar surface area (TPSA) is 221 Å². The highest BCUT2D eigenvalue weighted by Crippen LogP contribution is 2.31. The molecule has 15 nitrogen and oxygen atoms in total. The first-order chi connectivity index (χ1) is 28.5. The van der Waals surface area contributed by atoms with Gasteiger partial charge in [-0.2, -0.15) is 0 Å². The van der Waals surface area contributed by atoms with Crippen molar-refractivity contribution in [3.63, 3.8) is 0 Å². The summed E-state index contributed by atoms with van der Waals surface area (Å²) in [4.78, 5) is 66.1. The van der Waals surface area contributed by atoms with Crippen LogP contribution in [-0.4, -0.2) is 112 Å². The number of aliphatic hydroxyl groups excluding tert-OH is 1. The highest BCUT2D eigenvalue weighted by molar-refractivity contribution is 8.15. The number of thiazole rings is 1. The molecule has 4 amide bonds. The van der Waals surface area contributed by atoms with E-state index >= 15 is 0 Å². The Hall–Kier alpha value is -4.91. The monoisotopic (exact) mass is 846 g/mol. The van der Waals surface area contributed by atoms with Crippen LogP contribution in [0.1, 0.15) is 54.7 Å². The Bertz CT molecular complexity index is 2020. The molecule has 3 aromatic carbocycles. The molecule has 59 heavy (non-hydrogen) atoms. The molecule has 2 heterocycles. The van der Waals surface area contributed by atoms with Crippen LogP contribution < -0.4 is 27.0 Å². The van der Waals surface area contributed by atoms with Crippen molar-refractivity contribution in [3.8, 4) is 0 Å². The standard InChI is InChI=1S/C42H54N8O7S2/c1-50(2)22-12-10-18-32(46-38(53)33(23-27-13-5-3-6-14-27)49-42(56)57-25-28-15-7-4-8-16-28)37(52)45-31(17-9-11-21-43)36(51)44-29-19-20-30-35(24-29)59-40(47-30)39-48-34(26-58-39)41(54)55/h3-8,13-16,19-20,24,31-34,41,54-55H,9-12,17-18,21-23,25-26,43H2,1-2H3,(H,44,51)(H,45,52)(H,46,53)(H,49,56)/t31-,32-,33-,34+/m0/s1. The Morgan fingerprint density at radius 1 is 0.831 bits per heavy atom. The number of ether oxygens (including phenoxy) is 1. The van der Waals surface area contributed by atoms with Gasteiger partial charge >= 0.3 is 6.09 Å². The Kier molecular flexibility index (Phi) is 17.6. The van der Waals surface area contributed by atoms with Crippen LogP contribution in [0.2, 0.25) is 0 Å². The van der Waals surface area contributed by atoms with Crippen molar-refractivity contribution in [3.05, 3.63) is 95.0 Å². The van der Waals surface area contributed by atoms with Gasteiger partial charge in [-0.15, -0.1) is 23.1 Å². The lowest BCUT2D eigenvalue weighted by molar-refractivity contribution is -0.132. The van der Waals surface area contributed by atoms with Crippen LogP contribution in [0.15, 0.2) is 83.9 Å². The molecular weight excluding hydrogens is 793 g/mol. The van der Waals surface area contributed by atoms with Crippen molar-refractivity contribution in [2.75, 3.05) is 38.3 Å². The summed E-state index contributed by atoms with van der Waals surface area (Å²) < 4.78 is 6.23. The van der Waals surface area contributed by atoms with Gasteiger partial charge in [0, 0.05) is 17.9 Å². The van der Waals surface area contributed by atoms with Crippen LogP contribution in [0.3, 0.4) is 0 Å². The Labute approximate surface area is 352 Å². The number of benzene rings is 3. The van der Waals surface area contributed by atoms with Gasteiger partial charge in [-0.3, -0.25) is 19.4 Å². The molecule has 0 saturated heterocycles. The van der Waals surface area contributed by atoms with Crippen LogP contribution in [0, 0.1) is 0 Å². The third-order valence-electron chi connectivity index (χ3n) is 9.52. The summed E-state index contributed by atoms with van der Waals surface area (Å²) >= 11 is 2.78. The molecule has 0 fully saturated rings. The first-order valence-corrected chi connectivity index (χ1v) is 21.5. The second-order valence-corrected chi connectivity index (χ2v) is 16.6. The van der Waals surface area contributed by atoms with Crippen molar-refractivity contribution < 1.29 is 34.1 Å². The second-order valence-electron chi connectivity index (χ2n) is 14.6.